The van der Waals surface area contributed by atoms with E-state index >= 15 is 0 Å². The Bertz CT molecular complexity index is 225. The average molecular weight is 166 g/mol. The lowest BCUT2D eigenvalue weighted by atomic mass is 10.1. The van der Waals surface area contributed by atoms with Gasteiger partial charge in [-0.05, 0) is 30.1 Å². The number of nitrogens with two attached hydrogens (primary N) is 3. The minimum absolute atomic E-state index is 0.477. The van der Waals surface area contributed by atoms with Gasteiger partial charge < -0.3 is 22.6 Å². The van der Waals surface area contributed by atoms with E-state index in [4.69, 9.17) is 22.6 Å². The van der Waals surface area contributed by atoms with E-state index in [0.29, 0.717) is 17.7 Å². The molecule has 7 N–H and O–H groups in total. The molecule has 66 valence electrons. The molecule has 12 heavy (non-hydrogen) atoms. The molecule has 0 spiro atoms. The molecular formula is C8H14N4. The molecule has 4 heteroatoms. The van der Waals surface area contributed by atoms with Gasteiger partial charge in [-0.25, -0.2) is 0 Å². The van der Waals surface area contributed by atoms with Gasteiger partial charge in [0.1, 0.15) is 0 Å². The van der Waals surface area contributed by atoms with E-state index in [1.165, 1.54) is 18.6 Å². The Morgan fingerprint density at radius 1 is 1.33 bits per heavy atom. The Hall–Kier alpha value is -1.71. The maximum atomic E-state index is 6.93. The fourth-order valence-electron chi connectivity index (χ4n) is 0.632. The molecule has 0 aromatic carbocycles. The molecular weight excluding hydrogens is 152 g/mol. The highest BCUT2D eigenvalue weighted by Crippen LogP contribution is 2.02. The monoisotopic (exact) mass is 166 g/mol. The van der Waals surface area contributed by atoms with Crippen molar-refractivity contribution >= 4 is 6.21 Å². The van der Waals surface area contributed by atoms with Crippen LogP contribution in [-0.4, -0.2) is 6.21 Å². The van der Waals surface area contributed by atoms with Crippen LogP contribution in [0.1, 0.15) is 6.42 Å². The molecule has 0 saturated heterocycles. The molecule has 0 bridgehead atoms. The molecule has 0 aliphatic carbocycles. The predicted octanol–water partition coefficient (Wildman–Crippen LogP) is 0.184. The molecule has 0 unspecified atom stereocenters. The molecule has 0 aliphatic heterocycles. The summed E-state index contributed by atoms with van der Waals surface area (Å²) in [5, 5.41) is 6.93. The van der Waals surface area contributed by atoms with Gasteiger partial charge in [0.2, 0.25) is 0 Å². The average Bonchev–Trinajstić information content (AvgIpc) is 2.10. The summed E-state index contributed by atoms with van der Waals surface area (Å²) < 4.78 is 0. The smallest absolute Gasteiger partial charge is 0.0228 e. The van der Waals surface area contributed by atoms with E-state index < -0.39 is 0 Å². The zero-order valence-electron chi connectivity index (χ0n) is 6.83. The van der Waals surface area contributed by atoms with Crippen molar-refractivity contribution in [1.29, 1.82) is 5.41 Å². The molecule has 0 aromatic heterocycles. The number of rotatable bonds is 4. The Balaban J connectivity index is 4.16. The number of allylic oxidation sites excluding steroid dienone is 3. The van der Waals surface area contributed by atoms with Gasteiger partial charge in [0.15, 0.2) is 0 Å². The van der Waals surface area contributed by atoms with Crippen molar-refractivity contribution in [2.24, 2.45) is 17.2 Å². The van der Waals surface area contributed by atoms with E-state index in [1.54, 1.807) is 12.2 Å². The number of nitrogens with one attached hydrogen (secondary N) is 1. The van der Waals surface area contributed by atoms with E-state index in [2.05, 4.69) is 0 Å². The summed E-state index contributed by atoms with van der Waals surface area (Å²) >= 11 is 0. The van der Waals surface area contributed by atoms with Crippen LogP contribution in [-0.2, 0) is 0 Å². The van der Waals surface area contributed by atoms with Gasteiger partial charge in [-0.15, -0.1) is 0 Å². The van der Waals surface area contributed by atoms with E-state index in [1.807, 2.05) is 0 Å². The zero-order valence-corrected chi connectivity index (χ0v) is 6.83. The van der Waals surface area contributed by atoms with Crippen molar-refractivity contribution in [3.8, 4) is 0 Å². The topological polar surface area (TPSA) is 102 Å². The van der Waals surface area contributed by atoms with E-state index in [-0.39, 0.29) is 0 Å². The molecule has 0 heterocycles. The first-order valence-corrected chi connectivity index (χ1v) is 3.48. The first kappa shape index (κ1) is 10.3. The SMILES string of the molecule is N=C/C(=C\N)C/C(N)=C/C=C\N. The minimum Gasteiger partial charge on any atom is -0.405 e. The third kappa shape index (κ3) is 4.16. The van der Waals surface area contributed by atoms with Crippen LogP contribution in [0, 0.1) is 5.41 Å². The summed E-state index contributed by atoms with van der Waals surface area (Å²) in [7, 11) is 0. The molecule has 0 aliphatic rings. The van der Waals surface area contributed by atoms with Crippen molar-refractivity contribution in [1.82, 2.24) is 0 Å². The first-order chi connectivity index (χ1) is 5.74. The number of hydrogen-bond donors (Lipinski definition) is 4. The maximum Gasteiger partial charge on any atom is 0.0228 e. The first-order valence-electron chi connectivity index (χ1n) is 3.48. The van der Waals surface area contributed by atoms with Gasteiger partial charge in [0, 0.05) is 18.3 Å². The van der Waals surface area contributed by atoms with Crippen LogP contribution >= 0.6 is 0 Å². The van der Waals surface area contributed by atoms with Crippen LogP contribution in [0.4, 0.5) is 0 Å². The van der Waals surface area contributed by atoms with Crippen molar-refractivity contribution in [3.63, 3.8) is 0 Å². The van der Waals surface area contributed by atoms with Crippen LogP contribution < -0.4 is 17.2 Å². The predicted molar refractivity (Wildman–Crippen MR) is 51.3 cm³/mol. The Morgan fingerprint density at radius 3 is 2.42 bits per heavy atom. The van der Waals surface area contributed by atoms with Gasteiger partial charge >= 0.3 is 0 Å². The largest absolute Gasteiger partial charge is 0.405 e. The van der Waals surface area contributed by atoms with Crippen LogP contribution in [0.5, 0.6) is 0 Å². The molecule has 0 saturated carbocycles. The van der Waals surface area contributed by atoms with Crippen molar-refractivity contribution in [3.05, 3.63) is 35.8 Å². The molecule has 0 atom stereocenters. The summed E-state index contributed by atoms with van der Waals surface area (Å²) in [6.45, 7) is 0. The summed E-state index contributed by atoms with van der Waals surface area (Å²) in [5.41, 5.74) is 17.2. The Kier molecular flexibility index (Phi) is 5.17. The highest BCUT2D eigenvalue weighted by atomic mass is 14.6. The van der Waals surface area contributed by atoms with Crippen molar-refractivity contribution in [2.45, 2.75) is 6.42 Å². The fraction of sp³-hybridized carbons (Fsp3) is 0.125. The Morgan fingerprint density at radius 2 is 2.00 bits per heavy atom. The van der Waals surface area contributed by atoms with Gasteiger partial charge in [-0.2, -0.15) is 0 Å². The van der Waals surface area contributed by atoms with Crippen LogP contribution in [0.3, 0.4) is 0 Å². The third-order valence-electron chi connectivity index (χ3n) is 1.23. The number of hydrogen-bond acceptors (Lipinski definition) is 4. The molecule has 0 fully saturated rings. The summed E-state index contributed by atoms with van der Waals surface area (Å²) in [5.74, 6) is 0. The fourth-order valence-corrected chi connectivity index (χ4v) is 0.632. The summed E-state index contributed by atoms with van der Waals surface area (Å²) in [4.78, 5) is 0. The zero-order chi connectivity index (χ0) is 9.40. The molecule has 0 radical (unpaired) electrons. The maximum absolute atomic E-state index is 6.93. The summed E-state index contributed by atoms with van der Waals surface area (Å²) in [6, 6.07) is 0. The summed E-state index contributed by atoms with van der Waals surface area (Å²) in [6.07, 6.45) is 7.71. The van der Waals surface area contributed by atoms with Crippen molar-refractivity contribution in [2.75, 3.05) is 0 Å². The second-order valence-corrected chi connectivity index (χ2v) is 2.19. The quantitative estimate of drug-likeness (QED) is 0.354. The lowest BCUT2D eigenvalue weighted by molar-refractivity contribution is 1.13. The van der Waals surface area contributed by atoms with Crippen LogP contribution in [0.2, 0.25) is 0 Å². The molecule has 0 rings (SSSR count). The molecule has 0 amide bonds. The highest BCUT2D eigenvalue weighted by molar-refractivity contribution is 5.76. The Labute approximate surface area is 71.9 Å². The van der Waals surface area contributed by atoms with Gasteiger partial charge in [-0.1, -0.05) is 0 Å². The minimum atomic E-state index is 0.477. The second-order valence-electron chi connectivity index (χ2n) is 2.19. The molecule has 0 aromatic rings. The molecule has 4 nitrogen and oxygen atoms in total. The van der Waals surface area contributed by atoms with Crippen LogP contribution in [0.15, 0.2) is 35.8 Å². The third-order valence-corrected chi connectivity index (χ3v) is 1.23. The second kappa shape index (κ2) is 6.03. The van der Waals surface area contributed by atoms with E-state index in [0.717, 1.165) is 0 Å². The highest BCUT2D eigenvalue weighted by Gasteiger charge is 1.93. The van der Waals surface area contributed by atoms with Gasteiger partial charge in [-0.3, -0.25) is 0 Å². The van der Waals surface area contributed by atoms with Crippen molar-refractivity contribution < 1.29 is 0 Å². The lowest BCUT2D eigenvalue weighted by Crippen LogP contribution is -2.01. The van der Waals surface area contributed by atoms with E-state index in [9.17, 15) is 0 Å². The van der Waals surface area contributed by atoms with Gasteiger partial charge in [0.25, 0.3) is 0 Å². The van der Waals surface area contributed by atoms with Crippen LogP contribution in [0.25, 0.3) is 0 Å². The van der Waals surface area contributed by atoms with Gasteiger partial charge in [0.05, 0.1) is 0 Å². The normalized spacial score (nSPS) is 13.7. The lowest BCUT2D eigenvalue weighted by Gasteiger charge is -1.98. The standard InChI is InChI=1S/C8H14N4/c9-3-1-2-8(12)4-7(5-10)6-11/h1-3,5-6,10H,4,9,11-12H2/b3-1-,7-6-,8-2-,10-5?.